The number of hydrogen-bond acceptors (Lipinski definition) is 4. The van der Waals surface area contributed by atoms with Crippen LogP contribution in [0.4, 0.5) is 4.39 Å². The van der Waals surface area contributed by atoms with Crippen LogP contribution < -0.4 is 19.9 Å². The average Bonchev–Trinajstić information content (AvgIpc) is 2.51. The molecule has 21 heavy (non-hydrogen) atoms. The summed E-state index contributed by atoms with van der Waals surface area (Å²) in [5.74, 6) is 1.28. The Kier molecular flexibility index (Phi) is 5.00. The van der Waals surface area contributed by atoms with Crippen molar-refractivity contribution in [2.75, 3.05) is 14.2 Å². The van der Waals surface area contributed by atoms with Crippen LogP contribution in [-0.4, -0.2) is 14.2 Å². The number of rotatable bonds is 6. The van der Waals surface area contributed by atoms with Gasteiger partial charge in [0.05, 0.1) is 14.2 Å². The molecule has 0 aromatic heterocycles. The van der Waals surface area contributed by atoms with Crippen LogP contribution in [0.25, 0.3) is 0 Å². The average molecular weight is 291 g/mol. The molecule has 0 atom stereocenters. The number of ether oxygens (including phenoxy) is 3. The molecular formula is C16H18FNO3. The summed E-state index contributed by atoms with van der Waals surface area (Å²) >= 11 is 0. The Labute approximate surface area is 123 Å². The lowest BCUT2D eigenvalue weighted by Crippen LogP contribution is -2.03. The molecule has 2 rings (SSSR count). The third kappa shape index (κ3) is 3.64. The van der Waals surface area contributed by atoms with Gasteiger partial charge in [0, 0.05) is 6.54 Å². The van der Waals surface area contributed by atoms with Gasteiger partial charge in [-0.1, -0.05) is 12.1 Å². The van der Waals surface area contributed by atoms with Crippen LogP contribution in [0.2, 0.25) is 0 Å². The number of para-hydroxylation sites is 1. The van der Waals surface area contributed by atoms with Crippen LogP contribution >= 0.6 is 0 Å². The summed E-state index contributed by atoms with van der Waals surface area (Å²) < 4.78 is 29.7. The maximum atomic E-state index is 13.5. The second-order valence-electron chi connectivity index (χ2n) is 4.45. The largest absolute Gasteiger partial charge is 0.493 e. The molecule has 0 aliphatic carbocycles. The second-order valence-corrected chi connectivity index (χ2v) is 4.45. The van der Waals surface area contributed by atoms with Crippen molar-refractivity contribution < 1.29 is 18.6 Å². The van der Waals surface area contributed by atoms with E-state index in [1.807, 2.05) is 6.07 Å². The molecule has 0 saturated heterocycles. The third-order valence-electron chi connectivity index (χ3n) is 3.02. The molecule has 0 aliphatic heterocycles. The summed E-state index contributed by atoms with van der Waals surface area (Å²) in [4.78, 5) is 0. The highest BCUT2D eigenvalue weighted by Crippen LogP contribution is 2.37. The monoisotopic (exact) mass is 291 g/mol. The van der Waals surface area contributed by atoms with E-state index in [-0.39, 0.29) is 19.0 Å². The molecule has 2 aromatic carbocycles. The fraction of sp³-hybridized carbons (Fsp3) is 0.250. The van der Waals surface area contributed by atoms with Crippen LogP contribution in [-0.2, 0) is 13.2 Å². The van der Waals surface area contributed by atoms with Crippen molar-refractivity contribution in [1.29, 1.82) is 0 Å². The fourth-order valence-corrected chi connectivity index (χ4v) is 2.03. The van der Waals surface area contributed by atoms with Crippen LogP contribution in [0, 0.1) is 5.82 Å². The van der Waals surface area contributed by atoms with Gasteiger partial charge in [0.1, 0.15) is 12.4 Å². The Morgan fingerprint density at radius 3 is 2.19 bits per heavy atom. The molecule has 2 N–H and O–H groups in total. The molecule has 5 heteroatoms. The minimum atomic E-state index is -0.330. The van der Waals surface area contributed by atoms with E-state index in [1.54, 1.807) is 32.4 Å². The topological polar surface area (TPSA) is 53.7 Å². The first-order valence-corrected chi connectivity index (χ1v) is 6.50. The molecule has 0 heterocycles. The van der Waals surface area contributed by atoms with Crippen molar-refractivity contribution >= 4 is 0 Å². The van der Waals surface area contributed by atoms with Crippen molar-refractivity contribution in [3.05, 3.63) is 53.3 Å². The molecular weight excluding hydrogens is 273 g/mol. The molecule has 0 fully saturated rings. The quantitative estimate of drug-likeness (QED) is 0.889. The van der Waals surface area contributed by atoms with E-state index in [9.17, 15) is 4.39 Å². The van der Waals surface area contributed by atoms with E-state index in [1.165, 1.54) is 12.1 Å². The van der Waals surface area contributed by atoms with Gasteiger partial charge >= 0.3 is 0 Å². The lowest BCUT2D eigenvalue weighted by Gasteiger charge is -2.14. The Morgan fingerprint density at radius 2 is 1.62 bits per heavy atom. The van der Waals surface area contributed by atoms with Crippen molar-refractivity contribution in [2.24, 2.45) is 5.73 Å². The van der Waals surface area contributed by atoms with Gasteiger partial charge in [0.15, 0.2) is 11.5 Å². The number of benzene rings is 2. The first kappa shape index (κ1) is 15.1. The molecule has 112 valence electrons. The lowest BCUT2D eigenvalue weighted by atomic mass is 10.1. The summed E-state index contributed by atoms with van der Waals surface area (Å²) in [6, 6.07) is 9.99. The maximum absolute atomic E-state index is 13.5. The van der Waals surface area contributed by atoms with Crippen LogP contribution in [0.15, 0.2) is 36.4 Å². The zero-order chi connectivity index (χ0) is 15.2. The summed E-state index contributed by atoms with van der Waals surface area (Å²) in [5, 5.41) is 0. The minimum Gasteiger partial charge on any atom is -0.493 e. The molecule has 0 amide bonds. The third-order valence-corrected chi connectivity index (χ3v) is 3.02. The molecule has 0 bridgehead atoms. The zero-order valence-electron chi connectivity index (χ0n) is 12.1. The van der Waals surface area contributed by atoms with E-state index in [0.717, 1.165) is 5.56 Å². The van der Waals surface area contributed by atoms with E-state index >= 15 is 0 Å². The molecule has 4 nitrogen and oxygen atoms in total. The van der Waals surface area contributed by atoms with Crippen LogP contribution in [0.1, 0.15) is 11.1 Å². The maximum Gasteiger partial charge on any atom is 0.203 e. The van der Waals surface area contributed by atoms with Crippen molar-refractivity contribution in [3.63, 3.8) is 0 Å². The summed E-state index contributed by atoms with van der Waals surface area (Å²) in [6.45, 7) is 0.476. The molecule has 0 unspecified atom stereocenters. The highest BCUT2D eigenvalue weighted by atomic mass is 19.1. The number of nitrogens with two attached hydrogens (primary N) is 1. The van der Waals surface area contributed by atoms with E-state index < -0.39 is 0 Å². The smallest absolute Gasteiger partial charge is 0.203 e. The number of hydrogen-bond donors (Lipinski definition) is 1. The van der Waals surface area contributed by atoms with Gasteiger partial charge in [-0.25, -0.2) is 4.39 Å². The van der Waals surface area contributed by atoms with E-state index in [0.29, 0.717) is 22.8 Å². The summed E-state index contributed by atoms with van der Waals surface area (Å²) in [6.07, 6.45) is 0. The van der Waals surface area contributed by atoms with Gasteiger partial charge in [-0.15, -0.1) is 0 Å². The van der Waals surface area contributed by atoms with Gasteiger partial charge in [0.25, 0.3) is 0 Å². The minimum absolute atomic E-state index is 0.196. The SMILES string of the molecule is COc1cccc(OC)c1OCc1cc(F)cc(CN)c1. The van der Waals surface area contributed by atoms with Crippen molar-refractivity contribution in [1.82, 2.24) is 0 Å². The zero-order valence-corrected chi connectivity index (χ0v) is 12.1. The van der Waals surface area contributed by atoms with Crippen LogP contribution in [0.3, 0.4) is 0 Å². The van der Waals surface area contributed by atoms with E-state index in [4.69, 9.17) is 19.9 Å². The highest BCUT2D eigenvalue weighted by molar-refractivity contribution is 5.51. The number of halogens is 1. The number of methoxy groups -OCH3 is 2. The highest BCUT2D eigenvalue weighted by Gasteiger charge is 2.11. The van der Waals surface area contributed by atoms with Crippen LogP contribution in [0.5, 0.6) is 17.2 Å². The summed E-state index contributed by atoms with van der Waals surface area (Å²) in [7, 11) is 3.10. The van der Waals surface area contributed by atoms with Crippen molar-refractivity contribution in [2.45, 2.75) is 13.2 Å². The van der Waals surface area contributed by atoms with Gasteiger partial charge < -0.3 is 19.9 Å². The standard InChI is InChI=1S/C16H18FNO3/c1-19-14-4-3-5-15(20-2)16(14)21-10-12-6-11(9-18)7-13(17)8-12/h3-8H,9-10,18H2,1-2H3. The molecule has 0 spiro atoms. The Hall–Kier alpha value is -2.27. The summed E-state index contributed by atoms with van der Waals surface area (Å²) in [5.41, 5.74) is 6.96. The van der Waals surface area contributed by atoms with Gasteiger partial charge in [-0.2, -0.15) is 0 Å². The second kappa shape index (κ2) is 6.95. The molecule has 0 aliphatic rings. The predicted molar refractivity (Wildman–Crippen MR) is 78.2 cm³/mol. The van der Waals surface area contributed by atoms with Gasteiger partial charge in [0.2, 0.25) is 5.75 Å². The molecule has 0 radical (unpaired) electrons. The Morgan fingerprint density at radius 1 is 1.00 bits per heavy atom. The Bertz CT molecular complexity index is 594. The first-order valence-electron chi connectivity index (χ1n) is 6.50. The fourth-order valence-electron chi connectivity index (χ4n) is 2.03. The normalized spacial score (nSPS) is 10.3. The predicted octanol–water partition coefficient (Wildman–Crippen LogP) is 2.88. The van der Waals surface area contributed by atoms with Gasteiger partial charge in [-0.3, -0.25) is 0 Å². The van der Waals surface area contributed by atoms with Gasteiger partial charge in [-0.05, 0) is 35.4 Å². The first-order chi connectivity index (χ1) is 10.2. The Balaban J connectivity index is 2.22. The lowest BCUT2D eigenvalue weighted by molar-refractivity contribution is 0.265. The van der Waals surface area contributed by atoms with Crippen molar-refractivity contribution in [3.8, 4) is 17.2 Å². The molecule has 0 saturated carbocycles. The van der Waals surface area contributed by atoms with E-state index in [2.05, 4.69) is 0 Å². The molecule has 2 aromatic rings.